The van der Waals surface area contributed by atoms with Crippen LogP contribution in [0.25, 0.3) is 0 Å². The molecule has 0 saturated heterocycles. The molecule has 8 heteroatoms. The number of halogens is 1. The SMILES string of the molecule is CCOc1ccc(C(=O)Oc2ccc(/C=N\NC(=O)COc3cccc(Cl)c3)cc2)cc1. The third-order valence-corrected chi connectivity index (χ3v) is 4.30. The number of hydrogen-bond donors (Lipinski definition) is 1. The van der Waals surface area contributed by atoms with Crippen LogP contribution in [0.3, 0.4) is 0 Å². The predicted octanol–water partition coefficient (Wildman–Crippen LogP) is 4.49. The topological polar surface area (TPSA) is 86.2 Å². The summed E-state index contributed by atoms with van der Waals surface area (Å²) in [4.78, 5) is 24.1. The Labute approximate surface area is 190 Å². The molecule has 0 bridgehead atoms. The number of benzene rings is 3. The molecule has 0 aliphatic carbocycles. The van der Waals surface area contributed by atoms with Crippen LogP contribution in [0.5, 0.6) is 17.2 Å². The number of carbonyl (C=O) groups excluding carboxylic acids is 2. The number of ether oxygens (including phenoxy) is 3. The van der Waals surface area contributed by atoms with E-state index >= 15 is 0 Å². The van der Waals surface area contributed by atoms with Crippen LogP contribution in [0.1, 0.15) is 22.8 Å². The van der Waals surface area contributed by atoms with E-state index in [1.807, 2.05) is 6.92 Å². The molecule has 0 fully saturated rings. The van der Waals surface area contributed by atoms with Gasteiger partial charge >= 0.3 is 5.97 Å². The summed E-state index contributed by atoms with van der Waals surface area (Å²) in [5.41, 5.74) is 3.50. The molecule has 0 aromatic heterocycles. The van der Waals surface area contributed by atoms with Gasteiger partial charge in [-0.3, -0.25) is 4.79 Å². The second-order valence-electron chi connectivity index (χ2n) is 6.46. The summed E-state index contributed by atoms with van der Waals surface area (Å²) in [5.74, 6) is 0.686. The fourth-order valence-electron chi connectivity index (χ4n) is 2.56. The number of rotatable bonds is 9. The summed E-state index contributed by atoms with van der Waals surface area (Å²) in [5, 5.41) is 4.41. The van der Waals surface area contributed by atoms with Gasteiger partial charge < -0.3 is 14.2 Å². The van der Waals surface area contributed by atoms with E-state index in [1.165, 1.54) is 6.21 Å². The summed E-state index contributed by atoms with van der Waals surface area (Å²) in [7, 11) is 0. The molecule has 0 heterocycles. The van der Waals surface area contributed by atoms with E-state index in [0.717, 1.165) is 0 Å². The Morgan fingerprint density at radius 3 is 2.34 bits per heavy atom. The van der Waals surface area contributed by atoms with Crippen molar-refractivity contribution < 1.29 is 23.8 Å². The molecular weight excluding hydrogens is 432 g/mol. The minimum atomic E-state index is -0.471. The van der Waals surface area contributed by atoms with Gasteiger partial charge in [0.15, 0.2) is 6.61 Å². The maximum absolute atomic E-state index is 12.2. The average molecular weight is 453 g/mol. The summed E-state index contributed by atoms with van der Waals surface area (Å²) in [6, 6.07) is 20.2. The van der Waals surface area contributed by atoms with E-state index < -0.39 is 11.9 Å². The van der Waals surface area contributed by atoms with Crippen molar-refractivity contribution in [3.8, 4) is 17.2 Å². The van der Waals surface area contributed by atoms with Crippen LogP contribution in [0.2, 0.25) is 5.02 Å². The largest absolute Gasteiger partial charge is 0.494 e. The van der Waals surface area contributed by atoms with Crippen molar-refractivity contribution in [2.75, 3.05) is 13.2 Å². The fourth-order valence-corrected chi connectivity index (χ4v) is 2.74. The number of nitrogens with zero attached hydrogens (tertiary/aromatic N) is 1. The first-order chi connectivity index (χ1) is 15.5. The van der Waals surface area contributed by atoms with Crippen molar-refractivity contribution in [3.05, 3.63) is 88.9 Å². The Hall–Kier alpha value is -3.84. The van der Waals surface area contributed by atoms with E-state index in [-0.39, 0.29) is 6.61 Å². The van der Waals surface area contributed by atoms with Crippen LogP contribution >= 0.6 is 11.6 Å². The van der Waals surface area contributed by atoms with Gasteiger partial charge in [0, 0.05) is 5.02 Å². The Kier molecular flexibility index (Phi) is 8.22. The molecular formula is C24H21ClN2O5. The highest BCUT2D eigenvalue weighted by molar-refractivity contribution is 6.30. The summed E-state index contributed by atoms with van der Waals surface area (Å²) in [6.45, 7) is 2.25. The zero-order valence-electron chi connectivity index (χ0n) is 17.3. The van der Waals surface area contributed by atoms with Gasteiger partial charge in [-0.1, -0.05) is 17.7 Å². The van der Waals surface area contributed by atoms with Crippen LogP contribution in [-0.4, -0.2) is 31.3 Å². The van der Waals surface area contributed by atoms with E-state index in [0.29, 0.717) is 40.0 Å². The van der Waals surface area contributed by atoms with Gasteiger partial charge in [0.1, 0.15) is 17.2 Å². The predicted molar refractivity (Wildman–Crippen MR) is 122 cm³/mol. The second-order valence-corrected chi connectivity index (χ2v) is 6.89. The summed E-state index contributed by atoms with van der Waals surface area (Å²) in [6.07, 6.45) is 1.47. The smallest absolute Gasteiger partial charge is 0.343 e. The van der Waals surface area contributed by atoms with Crippen molar-refractivity contribution in [2.45, 2.75) is 6.92 Å². The minimum Gasteiger partial charge on any atom is -0.494 e. The van der Waals surface area contributed by atoms with Gasteiger partial charge in [-0.2, -0.15) is 5.10 Å². The standard InChI is InChI=1S/C24H21ClN2O5/c1-2-30-20-12-8-18(9-13-20)24(29)32-21-10-6-17(7-11-21)15-26-27-23(28)16-31-22-5-3-4-19(25)14-22/h3-15H,2,16H2,1H3,(H,27,28)/b26-15-. The number of amides is 1. The molecule has 3 rings (SSSR count). The van der Waals surface area contributed by atoms with Crippen molar-refractivity contribution in [1.82, 2.24) is 5.43 Å². The molecule has 0 radical (unpaired) electrons. The van der Waals surface area contributed by atoms with Crippen molar-refractivity contribution in [3.63, 3.8) is 0 Å². The second kappa shape index (κ2) is 11.5. The summed E-state index contributed by atoms with van der Waals surface area (Å²) < 4.78 is 16.0. The lowest BCUT2D eigenvalue weighted by molar-refractivity contribution is -0.123. The highest BCUT2D eigenvalue weighted by Crippen LogP contribution is 2.17. The van der Waals surface area contributed by atoms with Gasteiger partial charge in [0.25, 0.3) is 5.91 Å². The number of carbonyl (C=O) groups is 2. The van der Waals surface area contributed by atoms with Gasteiger partial charge in [-0.05, 0) is 79.2 Å². The third kappa shape index (κ3) is 7.14. The fraction of sp³-hybridized carbons (Fsp3) is 0.125. The van der Waals surface area contributed by atoms with Crippen LogP contribution in [-0.2, 0) is 4.79 Å². The quantitative estimate of drug-likeness (QED) is 0.224. The first kappa shape index (κ1) is 22.8. The lowest BCUT2D eigenvalue weighted by atomic mass is 10.2. The van der Waals surface area contributed by atoms with Crippen molar-refractivity contribution >= 4 is 29.7 Å². The molecule has 0 unspecified atom stereocenters. The van der Waals surface area contributed by atoms with Gasteiger partial charge in [-0.15, -0.1) is 0 Å². The number of nitrogens with one attached hydrogen (secondary N) is 1. The van der Waals surface area contributed by atoms with Crippen LogP contribution in [0.4, 0.5) is 0 Å². The zero-order chi connectivity index (χ0) is 22.8. The van der Waals surface area contributed by atoms with E-state index in [4.69, 9.17) is 25.8 Å². The van der Waals surface area contributed by atoms with Crippen LogP contribution < -0.4 is 19.6 Å². The van der Waals surface area contributed by atoms with Crippen molar-refractivity contribution in [2.24, 2.45) is 5.10 Å². The molecule has 164 valence electrons. The Morgan fingerprint density at radius 2 is 1.66 bits per heavy atom. The first-order valence-corrected chi connectivity index (χ1v) is 10.2. The highest BCUT2D eigenvalue weighted by Gasteiger charge is 2.09. The number of hydrazone groups is 1. The number of hydrogen-bond acceptors (Lipinski definition) is 6. The van der Waals surface area contributed by atoms with Crippen LogP contribution in [0.15, 0.2) is 77.9 Å². The van der Waals surface area contributed by atoms with E-state index in [2.05, 4.69) is 10.5 Å². The third-order valence-electron chi connectivity index (χ3n) is 4.06. The Balaban J connectivity index is 1.45. The maximum Gasteiger partial charge on any atom is 0.343 e. The molecule has 3 aromatic rings. The normalized spacial score (nSPS) is 10.6. The Morgan fingerprint density at radius 1 is 0.938 bits per heavy atom. The van der Waals surface area contributed by atoms with Crippen molar-refractivity contribution in [1.29, 1.82) is 0 Å². The highest BCUT2D eigenvalue weighted by atomic mass is 35.5. The molecule has 0 aliphatic rings. The molecule has 0 atom stereocenters. The van der Waals surface area contributed by atoms with Gasteiger partial charge in [0.05, 0.1) is 18.4 Å². The van der Waals surface area contributed by atoms with Gasteiger partial charge in [0.2, 0.25) is 0 Å². The monoisotopic (exact) mass is 452 g/mol. The van der Waals surface area contributed by atoms with Crippen LogP contribution in [0, 0.1) is 0 Å². The van der Waals surface area contributed by atoms with E-state index in [9.17, 15) is 9.59 Å². The molecule has 0 spiro atoms. The molecule has 0 aliphatic heterocycles. The van der Waals surface area contributed by atoms with E-state index in [1.54, 1.807) is 72.8 Å². The maximum atomic E-state index is 12.2. The molecule has 0 saturated carbocycles. The molecule has 1 N–H and O–H groups in total. The molecule has 32 heavy (non-hydrogen) atoms. The average Bonchev–Trinajstić information content (AvgIpc) is 2.79. The minimum absolute atomic E-state index is 0.196. The lowest BCUT2D eigenvalue weighted by Crippen LogP contribution is -2.24. The summed E-state index contributed by atoms with van der Waals surface area (Å²) >= 11 is 5.86. The van der Waals surface area contributed by atoms with Gasteiger partial charge in [-0.25, -0.2) is 10.2 Å². The lowest BCUT2D eigenvalue weighted by Gasteiger charge is -2.06. The molecule has 3 aromatic carbocycles. The number of esters is 1. The zero-order valence-corrected chi connectivity index (χ0v) is 18.0. The Bertz CT molecular complexity index is 1080. The first-order valence-electron chi connectivity index (χ1n) is 9.79. The molecule has 7 nitrogen and oxygen atoms in total. The molecule has 1 amide bonds.